The van der Waals surface area contributed by atoms with Gasteiger partial charge in [0.05, 0.1) is 24.8 Å². The van der Waals surface area contributed by atoms with E-state index in [1.54, 1.807) is 56.7 Å². The Hall–Kier alpha value is -3.51. The van der Waals surface area contributed by atoms with Crippen LogP contribution in [0, 0.1) is 12.7 Å². The number of hydrogen-bond donors (Lipinski definition) is 0. The highest BCUT2D eigenvalue weighted by atomic mass is 35.5. The first-order chi connectivity index (χ1) is 15.4. The number of carbonyl (C=O) groups excluding carboxylic acids is 1. The summed E-state index contributed by atoms with van der Waals surface area (Å²) in [6.45, 7) is 1.96. The number of rotatable bonds is 6. The number of ether oxygens (including phenoxy) is 4. The fourth-order valence-corrected chi connectivity index (χ4v) is 3.66. The molecule has 5 nitrogen and oxygen atoms in total. The average molecular weight is 455 g/mol. The third-order valence-corrected chi connectivity index (χ3v) is 5.43. The molecular weight excluding hydrogens is 435 g/mol. The van der Waals surface area contributed by atoms with Gasteiger partial charge in [0, 0.05) is 23.3 Å². The SMILES string of the molecule is COc1ccc(/C=C2\Oc3cc(OCc4ccc(F)cc4Cl)cc(C)c3C2=O)c(OC)c1. The van der Waals surface area contributed by atoms with Crippen molar-refractivity contribution in [3.63, 3.8) is 0 Å². The number of allylic oxidation sites excluding steroid dienone is 1. The highest BCUT2D eigenvalue weighted by Gasteiger charge is 2.30. The van der Waals surface area contributed by atoms with Crippen molar-refractivity contribution in [2.45, 2.75) is 13.5 Å². The zero-order valence-corrected chi connectivity index (χ0v) is 18.5. The Morgan fingerprint density at radius 2 is 1.84 bits per heavy atom. The van der Waals surface area contributed by atoms with E-state index < -0.39 is 5.82 Å². The predicted octanol–water partition coefficient (Wildman–Crippen LogP) is 6.00. The third-order valence-electron chi connectivity index (χ3n) is 5.08. The Labute approximate surface area is 189 Å². The monoisotopic (exact) mass is 454 g/mol. The van der Waals surface area contributed by atoms with Crippen molar-refractivity contribution in [2.75, 3.05) is 14.2 Å². The molecule has 3 aromatic carbocycles. The molecule has 0 saturated heterocycles. The molecule has 0 fully saturated rings. The minimum atomic E-state index is -0.410. The summed E-state index contributed by atoms with van der Waals surface area (Å²) in [5.74, 6) is 1.68. The summed E-state index contributed by atoms with van der Waals surface area (Å²) in [5, 5.41) is 0.285. The Kier molecular flexibility index (Phi) is 6.06. The molecule has 0 amide bonds. The largest absolute Gasteiger partial charge is 0.497 e. The molecule has 0 bridgehead atoms. The molecule has 0 saturated carbocycles. The molecule has 164 valence electrons. The lowest BCUT2D eigenvalue weighted by Crippen LogP contribution is -2.01. The molecule has 1 aliphatic rings. The molecule has 0 spiro atoms. The van der Waals surface area contributed by atoms with Crippen LogP contribution in [-0.2, 0) is 6.61 Å². The summed E-state index contributed by atoms with van der Waals surface area (Å²) < 4.78 is 35.5. The number of aryl methyl sites for hydroxylation is 1. The Balaban J connectivity index is 1.58. The second-order valence-electron chi connectivity index (χ2n) is 7.19. The number of carbonyl (C=O) groups is 1. The van der Waals surface area contributed by atoms with E-state index in [-0.39, 0.29) is 23.2 Å². The fraction of sp³-hybridized carbons (Fsp3) is 0.160. The zero-order chi connectivity index (χ0) is 22.8. The highest BCUT2D eigenvalue weighted by Crippen LogP contribution is 2.38. The quantitative estimate of drug-likeness (QED) is 0.427. The van der Waals surface area contributed by atoms with Crippen molar-refractivity contribution in [3.8, 4) is 23.0 Å². The average Bonchev–Trinajstić information content (AvgIpc) is 3.09. The molecule has 32 heavy (non-hydrogen) atoms. The molecule has 0 aliphatic carbocycles. The number of ketones is 1. The van der Waals surface area contributed by atoms with Gasteiger partial charge in [-0.1, -0.05) is 17.7 Å². The summed E-state index contributed by atoms with van der Waals surface area (Å²) >= 11 is 6.06. The van der Waals surface area contributed by atoms with Crippen molar-refractivity contribution in [2.24, 2.45) is 0 Å². The van der Waals surface area contributed by atoms with Crippen LogP contribution < -0.4 is 18.9 Å². The smallest absolute Gasteiger partial charge is 0.232 e. The van der Waals surface area contributed by atoms with Gasteiger partial charge in [-0.2, -0.15) is 0 Å². The van der Waals surface area contributed by atoms with Crippen molar-refractivity contribution >= 4 is 23.5 Å². The van der Waals surface area contributed by atoms with E-state index in [2.05, 4.69) is 0 Å². The number of benzene rings is 3. The van der Waals surface area contributed by atoms with Crippen LogP contribution in [0.15, 0.2) is 54.3 Å². The first-order valence-corrected chi connectivity index (χ1v) is 10.1. The van der Waals surface area contributed by atoms with Crippen molar-refractivity contribution in [1.29, 1.82) is 0 Å². The van der Waals surface area contributed by atoms with E-state index in [1.165, 1.54) is 12.1 Å². The first-order valence-electron chi connectivity index (χ1n) is 9.77. The van der Waals surface area contributed by atoms with Crippen LogP contribution in [0.4, 0.5) is 4.39 Å². The van der Waals surface area contributed by atoms with Crippen LogP contribution in [0.2, 0.25) is 5.02 Å². The van der Waals surface area contributed by atoms with Crippen molar-refractivity contribution in [1.82, 2.24) is 0 Å². The maximum atomic E-state index is 13.2. The van der Waals surface area contributed by atoms with E-state index in [0.29, 0.717) is 39.7 Å². The predicted molar refractivity (Wildman–Crippen MR) is 119 cm³/mol. The molecule has 1 aliphatic heterocycles. The molecule has 4 rings (SSSR count). The van der Waals surface area contributed by atoms with Crippen LogP contribution >= 0.6 is 11.6 Å². The van der Waals surface area contributed by atoms with Crippen LogP contribution in [0.5, 0.6) is 23.0 Å². The summed E-state index contributed by atoms with van der Waals surface area (Å²) in [6, 6.07) is 12.8. The van der Waals surface area contributed by atoms with Gasteiger partial charge in [0.2, 0.25) is 5.78 Å². The number of halogens is 2. The molecule has 0 N–H and O–H groups in total. The second-order valence-corrected chi connectivity index (χ2v) is 7.59. The van der Waals surface area contributed by atoms with Gasteiger partial charge in [-0.15, -0.1) is 0 Å². The molecular formula is C25H20ClFO5. The van der Waals surface area contributed by atoms with E-state index in [4.69, 9.17) is 30.5 Å². The van der Waals surface area contributed by atoms with E-state index in [0.717, 1.165) is 5.56 Å². The Morgan fingerprint density at radius 3 is 2.56 bits per heavy atom. The minimum absolute atomic E-state index is 0.150. The minimum Gasteiger partial charge on any atom is -0.497 e. The molecule has 0 aromatic heterocycles. The Bertz CT molecular complexity index is 1240. The normalized spacial score (nSPS) is 13.7. The number of Topliss-reactive ketones (excluding diaryl/α,β-unsaturated/α-hetero) is 1. The van der Waals surface area contributed by atoms with Gasteiger partial charge in [-0.25, -0.2) is 4.39 Å². The lowest BCUT2D eigenvalue weighted by Gasteiger charge is -2.10. The molecule has 3 aromatic rings. The van der Waals surface area contributed by atoms with E-state index >= 15 is 0 Å². The molecule has 0 unspecified atom stereocenters. The summed E-state index contributed by atoms with van der Waals surface area (Å²) in [6.07, 6.45) is 1.64. The van der Waals surface area contributed by atoms with Crippen LogP contribution in [0.3, 0.4) is 0 Å². The zero-order valence-electron chi connectivity index (χ0n) is 17.7. The van der Waals surface area contributed by atoms with Gasteiger partial charge in [-0.05, 0) is 48.9 Å². The van der Waals surface area contributed by atoms with E-state index in [9.17, 15) is 9.18 Å². The van der Waals surface area contributed by atoms with E-state index in [1.807, 2.05) is 6.92 Å². The van der Waals surface area contributed by atoms with Crippen molar-refractivity contribution < 1.29 is 28.1 Å². The van der Waals surface area contributed by atoms with Gasteiger partial charge >= 0.3 is 0 Å². The Morgan fingerprint density at radius 1 is 1.03 bits per heavy atom. The van der Waals surface area contributed by atoms with Gasteiger partial charge in [0.25, 0.3) is 0 Å². The van der Waals surface area contributed by atoms with Gasteiger partial charge in [-0.3, -0.25) is 4.79 Å². The lowest BCUT2D eigenvalue weighted by molar-refractivity contribution is 0.101. The van der Waals surface area contributed by atoms with Crippen LogP contribution in [0.25, 0.3) is 6.08 Å². The second kappa shape index (κ2) is 8.93. The van der Waals surface area contributed by atoms with Gasteiger partial charge in [0.15, 0.2) is 5.76 Å². The first kappa shape index (κ1) is 21.7. The summed E-state index contributed by atoms with van der Waals surface area (Å²) in [7, 11) is 3.11. The third kappa shape index (κ3) is 4.27. The highest BCUT2D eigenvalue weighted by molar-refractivity contribution is 6.31. The van der Waals surface area contributed by atoms with Crippen LogP contribution in [0.1, 0.15) is 27.0 Å². The summed E-state index contributed by atoms with van der Waals surface area (Å²) in [5.41, 5.74) is 2.54. The molecule has 0 atom stereocenters. The maximum Gasteiger partial charge on any atom is 0.232 e. The number of methoxy groups -OCH3 is 2. The molecule has 0 radical (unpaired) electrons. The number of fused-ring (bicyclic) bond motifs is 1. The summed E-state index contributed by atoms with van der Waals surface area (Å²) in [4.78, 5) is 13.0. The topological polar surface area (TPSA) is 54.0 Å². The fourth-order valence-electron chi connectivity index (χ4n) is 3.44. The van der Waals surface area contributed by atoms with Crippen LogP contribution in [-0.4, -0.2) is 20.0 Å². The van der Waals surface area contributed by atoms with Crippen molar-refractivity contribution in [3.05, 3.63) is 87.4 Å². The standard InChI is InChI=1S/C25H20ClFO5/c1-14-8-19(31-13-16-4-6-17(27)10-20(16)26)12-22-24(14)25(28)23(32-22)9-15-5-7-18(29-2)11-21(15)30-3/h4-12H,13H2,1-3H3/b23-9-. The molecule has 1 heterocycles. The molecule has 7 heteroatoms. The number of hydrogen-bond acceptors (Lipinski definition) is 5. The van der Waals surface area contributed by atoms with Gasteiger partial charge in [0.1, 0.15) is 35.4 Å². The van der Waals surface area contributed by atoms with Gasteiger partial charge < -0.3 is 18.9 Å². The maximum absolute atomic E-state index is 13.2. The lowest BCUT2D eigenvalue weighted by atomic mass is 10.0.